The van der Waals surface area contributed by atoms with Crippen LogP contribution in [0.15, 0.2) is 11.6 Å². The first kappa shape index (κ1) is 11.2. The molecule has 0 saturated heterocycles. The molecule has 2 N–H and O–H groups in total. The van der Waals surface area contributed by atoms with Gasteiger partial charge >= 0.3 is 0 Å². The molecule has 0 radical (unpaired) electrons. The zero-order chi connectivity index (χ0) is 9.23. The fourth-order valence-corrected chi connectivity index (χ4v) is 0.875. The van der Waals surface area contributed by atoms with Gasteiger partial charge in [0.2, 0.25) is 0 Å². The third-order valence-corrected chi connectivity index (χ3v) is 1.45. The summed E-state index contributed by atoms with van der Waals surface area (Å²) in [6, 6.07) is 0. The Morgan fingerprint density at radius 2 is 2.33 bits per heavy atom. The number of rotatable bonds is 5. The van der Waals surface area contributed by atoms with Crippen molar-refractivity contribution in [2.24, 2.45) is 5.73 Å². The van der Waals surface area contributed by atoms with E-state index >= 15 is 0 Å². The van der Waals surface area contributed by atoms with Crippen molar-refractivity contribution < 1.29 is 4.74 Å². The minimum Gasteiger partial charge on any atom is -0.380 e. The number of nitrogens with two attached hydrogens (primary N) is 1. The van der Waals surface area contributed by atoms with E-state index in [-0.39, 0.29) is 0 Å². The topological polar surface area (TPSA) is 35.2 Å². The zero-order valence-electron chi connectivity index (χ0n) is 7.89. The minimum atomic E-state index is 0.661. The van der Waals surface area contributed by atoms with E-state index in [9.17, 15) is 0 Å². The number of ether oxygens (including phenoxy) is 1. The van der Waals surface area contributed by atoms with Crippen LogP contribution in [0, 0.1) is 11.8 Å². The van der Waals surface area contributed by atoms with Crippen LogP contribution >= 0.6 is 0 Å². The Labute approximate surface area is 74.8 Å². The van der Waals surface area contributed by atoms with E-state index in [1.807, 2.05) is 13.0 Å². The summed E-state index contributed by atoms with van der Waals surface area (Å²) in [5.74, 6) is 5.73. The highest BCUT2D eigenvalue weighted by Gasteiger charge is 1.94. The van der Waals surface area contributed by atoms with Crippen LogP contribution in [0.3, 0.4) is 0 Å². The maximum atomic E-state index is 5.40. The highest BCUT2D eigenvalue weighted by molar-refractivity contribution is 5.20. The predicted molar refractivity (Wildman–Crippen MR) is 51.7 cm³/mol. The monoisotopic (exact) mass is 167 g/mol. The van der Waals surface area contributed by atoms with E-state index < -0.39 is 0 Å². The smallest absolute Gasteiger partial charge is 0.0682 e. The summed E-state index contributed by atoms with van der Waals surface area (Å²) in [5, 5.41) is 0. The van der Waals surface area contributed by atoms with Gasteiger partial charge in [0.05, 0.1) is 6.61 Å². The lowest BCUT2D eigenvalue weighted by Gasteiger charge is -2.02. The molecule has 0 rings (SSSR count). The second-order valence-electron chi connectivity index (χ2n) is 2.52. The Balaban J connectivity index is 3.90. The predicted octanol–water partition coefficient (Wildman–Crippen LogP) is 1.32. The fourth-order valence-electron chi connectivity index (χ4n) is 0.875. The lowest BCUT2D eigenvalue weighted by atomic mass is 10.1. The van der Waals surface area contributed by atoms with Gasteiger partial charge in [-0.25, -0.2) is 0 Å². The van der Waals surface area contributed by atoms with E-state index in [0.717, 1.165) is 19.4 Å². The summed E-state index contributed by atoms with van der Waals surface area (Å²) in [6.45, 7) is 3.21. The normalized spacial score (nSPS) is 10.8. The Morgan fingerprint density at radius 3 is 2.83 bits per heavy atom. The summed E-state index contributed by atoms with van der Waals surface area (Å²) < 4.78 is 5.02. The molecule has 0 atom stereocenters. The molecular weight excluding hydrogens is 150 g/mol. The molecule has 0 aliphatic heterocycles. The highest BCUT2D eigenvalue weighted by Crippen LogP contribution is 2.03. The molecule has 0 saturated carbocycles. The van der Waals surface area contributed by atoms with Crippen LogP contribution in [-0.4, -0.2) is 20.3 Å². The van der Waals surface area contributed by atoms with Crippen molar-refractivity contribution in [3.8, 4) is 11.8 Å². The van der Waals surface area contributed by atoms with Crippen molar-refractivity contribution in [2.45, 2.75) is 19.8 Å². The van der Waals surface area contributed by atoms with Gasteiger partial charge in [0, 0.05) is 7.11 Å². The van der Waals surface area contributed by atoms with E-state index in [1.165, 1.54) is 5.57 Å². The van der Waals surface area contributed by atoms with Crippen LogP contribution in [0.2, 0.25) is 0 Å². The highest BCUT2D eigenvalue weighted by atomic mass is 16.5. The summed E-state index contributed by atoms with van der Waals surface area (Å²) in [4.78, 5) is 0. The molecule has 0 fully saturated rings. The lowest BCUT2D eigenvalue weighted by Crippen LogP contribution is -2.01. The van der Waals surface area contributed by atoms with Crippen molar-refractivity contribution >= 4 is 0 Å². The fraction of sp³-hybridized carbons (Fsp3) is 0.600. The molecule has 2 heteroatoms. The molecule has 12 heavy (non-hydrogen) atoms. The van der Waals surface area contributed by atoms with Gasteiger partial charge in [0.25, 0.3) is 0 Å². The van der Waals surface area contributed by atoms with Gasteiger partial charge in [-0.15, -0.1) is 5.92 Å². The Hall–Kier alpha value is -0.780. The van der Waals surface area contributed by atoms with Crippen LogP contribution in [-0.2, 0) is 4.74 Å². The second kappa shape index (κ2) is 8.32. The number of allylic oxidation sites excluding steroid dienone is 1. The van der Waals surface area contributed by atoms with Crippen LogP contribution in [0.1, 0.15) is 19.8 Å². The van der Waals surface area contributed by atoms with Gasteiger partial charge in [0.1, 0.15) is 0 Å². The molecule has 68 valence electrons. The van der Waals surface area contributed by atoms with Gasteiger partial charge in [-0.05, 0) is 38.0 Å². The van der Waals surface area contributed by atoms with E-state index in [1.54, 1.807) is 7.11 Å². The Bertz CT molecular complexity index is 186. The number of hydrogen-bond acceptors (Lipinski definition) is 2. The Kier molecular flexibility index (Phi) is 7.78. The van der Waals surface area contributed by atoms with Crippen molar-refractivity contribution in [3.05, 3.63) is 11.6 Å². The van der Waals surface area contributed by atoms with E-state index in [0.29, 0.717) is 6.61 Å². The lowest BCUT2D eigenvalue weighted by molar-refractivity contribution is 0.223. The standard InChI is InChI=1S/C10H17NO/c1-3-4-6-10(9-12-2)7-5-8-11/h6H,5,7-9,11H2,1-2H3. The summed E-state index contributed by atoms with van der Waals surface area (Å²) in [7, 11) is 1.69. The third-order valence-electron chi connectivity index (χ3n) is 1.45. The Morgan fingerprint density at radius 1 is 1.58 bits per heavy atom. The summed E-state index contributed by atoms with van der Waals surface area (Å²) in [5.41, 5.74) is 6.62. The third kappa shape index (κ3) is 5.96. The molecule has 0 heterocycles. The first-order valence-corrected chi connectivity index (χ1v) is 4.14. The van der Waals surface area contributed by atoms with Gasteiger partial charge in [-0.2, -0.15) is 0 Å². The summed E-state index contributed by atoms with van der Waals surface area (Å²) >= 11 is 0. The first-order valence-electron chi connectivity index (χ1n) is 4.14. The molecule has 0 aromatic rings. The molecule has 0 bridgehead atoms. The van der Waals surface area contributed by atoms with Gasteiger partial charge in [-0.1, -0.05) is 5.92 Å². The van der Waals surface area contributed by atoms with Crippen LogP contribution in [0.5, 0.6) is 0 Å². The van der Waals surface area contributed by atoms with Gasteiger partial charge < -0.3 is 10.5 Å². The molecule has 0 aliphatic rings. The number of methoxy groups -OCH3 is 1. The maximum Gasteiger partial charge on any atom is 0.0682 e. The molecule has 0 aromatic carbocycles. The molecule has 0 aliphatic carbocycles. The SMILES string of the molecule is CC#CC=C(CCCN)COC. The van der Waals surface area contributed by atoms with Crippen molar-refractivity contribution in [1.29, 1.82) is 0 Å². The molecule has 0 unspecified atom stereocenters. The average Bonchev–Trinajstić information content (AvgIpc) is 2.10. The molecule has 0 spiro atoms. The first-order chi connectivity index (χ1) is 5.85. The average molecular weight is 167 g/mol. The maximum absolute atomic E-state index is 5.40. The van der Waals surface area contributed by atoms with Gasteiger partial charge in [0.15, 0.2) is 0 Å². The molecule has 0 amide bonds. The van der Waals surface area contributed by atoms with Gasteiger partial charge in [-0.3, -0.25) is 0 Å². The number of hydrogen-bond donors (Lipinski definition) is 1. The molecule has 2 nitrogen and oxygen atoms in total. The van der Waals surface area contributed by atoms with Crippen molar-refractivity contribution in [3.63, 3.8) is 0 Å². The van der Waals surface area contributed by atoms with Crippen LogP contribution < -0.4 is 5.73 Å². The summed E-state index contributed by atoms with van der Waals surface area (Å²) in [6.07, 6.45) is 3.90. The zero-order valence-corrected chi connectivity index (χ0v) is 7.89. The quantitative estimate of drug-likeness (QED) is 0.627. The van der Waals surface area contributed by atoms with Crippen LogP contribution in [0.25, 0.3) is 0 Å². The van der Waals surface area contributed by atoms with Crippen molar-refractivity contribution in [2.75, 3.05) is 20.3 Å². The van der Waals surface area contributed by atoms with Crippen LogP contribution in [0.4, 0.5) is 0 Å². The molecular formula is C10H17NO. The minimum absolute atomic E-state index is 0.661. The van der Waals surface area contributed by atoms with Crippen molar-refractivity contribution in [1.82, 2.24) is 0 Å². The molecule has 0 aromatic heterocycles. The second-order valence-corrected chi connectivity index (χ2v) is 2.52. The largest absolute Gasteiger partial charge is 0.380 e. The van der Waals surface area contributed by atoms with E-state index in [2.05, 4.69) is 11.8 Å². The van der Waals surface area contributed by atoms with E-state index in [4.69, 9.17) is 10.5 Å².